The van der Waals surface area contributed by atoms with Gasteiger partial charge < -0.3 is 14.7 Å². The molecule has 1 heterocycles. The molecular weight excluding hydrogens is 226 g/mol. The Hall–Kier alpha value is -0.120. The summed E-state index contributed by atoms with van der Waals surface area (Å²) < 4.78 is 5.70. The maximum atomic E-state index is 9.84. The molecule has 2 rings (SSSR count). The van der Waals surface area contributed by atoms with Crippen LogP contribution in [0.1, 0.15) is 46.0 Å². The monoisotopic (exact) mass is 255 g/mol. The van der Waals surface area contributed by atoms with Crippen molar-refractivity contribution in [2.45, 2.75) is 52.1 Å². The molecule has 0 spiro atoms. The molecule has 2 fully saturated rings. The van der Waals surface area contributed by atoms with Crippen molar-refractivity contribution in [2.24, 2.45) is 11.3 Å². The van der Waals surface area contributed by atoms with Crippen LogP contribution in [0.25, 0.3) is 0 Å². The maximum absolute atomic E-state index is 9.84. The fraction of sp³-hybridized carbons (Fsp3) is 1.00. The highest BCUT2D eigenvalue weighted by Gasteiger charge is 2.35. The molecule has 0 aromatic heterocycles. The molecule has 106 valence electrons. The molecule has 2 aliphatic rings. The standard InChI is InChI=1S/C15H29NO2/c1-13-4-6-15(12-17,7-5-13)11-16-8-3-9-18-14(2)10-16/h13-14,17H,3-12H2,1-2H3. The zero-order valence-electron chi connectivity index (χ0n) is 12.0. The first-order chi connectivity index (χ1) is 8.63. The van der Waals surface area contributed by atoms with E-state index in [1.54, 1.807) is 0 Å². The van der Waals surface area contributed by atoms with Crippen LogP contribution in [0.5, 0.6) is 0 Å². The lowest BCUT2D eigenvalue weighted by Crippen LogP contribution is -2.44. The molecule has 1 aliphatic carbocycles. The van der Waals surface area contributed by atoms with Crippen LogP contribution in [0.3, 0.4) is 0 Å². The van der Waals surface area contributed by atoms with E-state index in [-0.39, 0.29) is 5.41 Å². The highest BCUT2D eigenvalue weighted by molar-refractivity contribution is 4.88. The third-order valence-electron chi connectivity index (χ3n) is 4.77. The third-order valence-corrected chi connectivity index (χ3v) is 4.77. The van der Waals surface area contributed by atoms with Gasteiger partial charge in [-0.15, -0.1) is 0 Å². The molecule has 0 bridgehead atoms. The van der Waals surface area contributed by atoms with Gasteiger partial charge in [0, 0.05) is 38.3 Å². The Morgan fingerprint density at radius 1 is 1.28 bits per heavy atom. The Labute approximate surface area is 112 Å². The summed E-state index contributed by atoms with van der Waals surface area (Å²) in [4.78, 5) is 2.52. The van der Waals surface area contributed by atoms with Gasteiger partial charge in [-0.1, -0.05) is 19.8 Å². The SMILES string of the molecule is CC1CCC(CO)(CN2CCCOC(C)C2)CC1. The molecule has 0 aromatic rings. The van der Waals surface area contributed by atoms with Crippen LogP contribution in [0.15, 0.2) is 0 Å². The molecular formula is C15H29NO2. The Kier molecular flexibility index (Phi) is 5.05. The van der Waals surface area contributed by atoms with Crippen molar-refractivity contribution >= 4 is 0 Å². The lowest BCUT2D eigenvalue weighted by molar-refractivity contribution is 0.0175. The van der Waals surface area contributed by atoms with Gasteiger partial charge in [-0.05, 0) is 32.1 Å². The zero-order chi connectivity index (χ0) is 13.0. The van der Waals surface area contributed by atoms with Crippen LogP contribution in [-0.4, -0.2) is 49.0 Å². The van der Waals surface area contributed by atoms with Crippen molar-refractivity contribution < 1.29 is 9.84 Å². The van der Waals surface area contributed by atoms with Gasteiger partial charge in [0.25, 0.3) is 0 Å². The minimum absolute atomic E-state index is 0.163. The zero-order valence-corrected chi connectivity index (χ0v) is 12.0. The smallest absolute Gasteiger partial charge is 0.0673 e. The number of hydrogen-bond acceptors (Lipinski definition) is 3. The van der Waals surface area contributed by atoms with Crippen molar-refractivity contribution in [1.29, 1.82) is 0 Å². The largest absolute Gasteiger partial charge is 0.396 e. The van der Waals surface area contributed by atoms with E-state index >= 15 is 0 Å². The van der Waals surface area contributed by atoms with E-state index in [9.17, 15) is 5.11 Å². The van der Waals surface area contributed by atoms with E-state index in [0.717, 1.165) is 38.6 Å². The molecule has 1 aliphatic heterocycles. The van der Waals surface area contributed by atoms with Crippen LogP contribution in [-0.2, 0) is 4.74 Å². The molecule has 1 N–H and O–H groups in total. The van der Waals surface area contributed by atoms with Crippen molar-refractivity contribution in [3.05, 3.63) is 0 Å². The van der Waals surface area contributed by atoms with Gasteiger partial charge in [-0.2, -0.15) is 0 Å². The van der Waals surface area contributed by atoms with E-state index in [1.807, 2.05) is 0 Å². The summed E-state index contributed by atoms with van der Waals surface area (Å²) >= 11 is 0. The number of nitrogens with zero attached hydrogens (tertiary/aromatic N) is 1. The van der Waals surface area contributed by atoms with Gasteiger partial charge in [0.05, 0.1) is 6.10 Å². The molecule has 1 saturated carbocycles. The minimum Gasteiger partial charge on any atom is -0.396 e. The van der Waals surface area contributed by atoms with E-state index < -0.39 is 0 Å². The number of rotatable bonds is 3. The summed E-state index contributed by atoms with van der Waals surface area (Å²) in [5.41, 5.74) is 0.163. The predicted octanol–water partition coefficient (Wildman–Crippen LogP) is 2.29. The molecule has 0 aromatic carbocycles. The second-order valence-corrected chi connectivity index (χ2v) is 6.61. The number of ether oxygens (including phenoxy) is 1. The van der Waals surface area contributed by atoms with E-state index in [1.165, 1.54) is 25.7 Å². The summed E-state index contributed by atoms with van der Waals surface area (Å²) in [5, 5.41) is 9.84. The van der Waals surface area contributed by atoms with Gasteiger partial charge >= 0.3 is 0 Å². The fourth-order valence-corrected chi connectivity index (χ4v) is 3.44. The Bertz CT molecular complexity index is 249. The van der Waals surface area contributed by atoms with Crippen molar-refractivity contribution in [1.82, 2.24) is 4.90 Å². The van der Waals surface area contributed by atoms with Gasteiger partial charge in [-0.25, -0.2) is 0 Å². The van der Waals surface area contributed by atoms with Crippen LogP contribution in [0, 0.1) is 11.3 Å². The average molecular weight is 255 g/mol. The second kappa shape index (κ2) is 6.36. The first-order valence-corrected chi connectivity index (χ1v) is 7.58. The summed E-state index contributed by atoms with van der Waals surface area (Å²) in [5.74, 6) is 0.844. The van der Waals surface area contributed by atoms with E-state index in [2.05, 4.69) is 18.7 Å². The van der Waals surface area contributed by atoms with E-state index in [4.69, 9.17) is 4.74 Å². The number of aliphatic hydroxyl groups excluding tert-OH is 1. The molecule has 1 saturated heterocycles. The lowest BCUT2D eigenvalue weighted by Gasteiger charge is -2.41. The quantitative estimate of drug-likeness (QED) is 0.840. The Morgan fingerprint density at radius 2 is 2.00 bits per heavy atom. The number of hydrogen-bond donors (Lipinski definition) is 1. The topological polar surface area (TPSA) is 32.7 Å². The molecule has 3 nitrogen and oxygen atoms in total. The van der Waals surface area contributed by atoms with Crippen LogP contribution in [0.4, 0.5) is 0 Å². The predicted molar refractivity (Wildman–Crippen MR) is 73.6 cm³/mol. The summed E-state index contributed by atoms with van der Waals surface area (Å²) in [6.07, 6.45) is 6.40. The highest BCUT2D eigenvalue weighted by atomic mass is 16.5. The van der Waals surface area contributed by atoms with E-state index in [0.29, 0.717) is 12.7 Å². The maximum Gasteiger partial charge on any atom is 0.0673 e. The van der Waals surface area contributed by atoms with Gasteiger partial charge in [0.15, 0.2) is 0 Å². The first-order valence-electron chi connectivity index (χ1n) is 7.58. The van der Waals surface area contributed by atoms with Crippen molar-refractivity contribution in [3.8, 4) is 0 Å². The molecule has 0 amide bonds. The molecule has 1 atom stereocenters. The first kappa shape index (κ1) is 14.3. The molecule has 3 heteroatoms. The van der Waals surface area contributed by atoms with Crippen LogP contribution in [0.2, 0.25) is 0 Å². The third kappa shape index (κ3) is 3.69. The molecule has 1 unspecified atom stereocenters. The van der Waals surface area contributed by atoms with Crippen molar-refractivity contribution in [3.63, 3.8) is 0 Å². The molecule has 18 heavy (non-hydrogen) atoms. The van der Waals surface area contributed by atoms with Crippen LogP contribution >= 0.6 is 0 Å². The Morgan fingerprint density at radius 3 is 2.67 bits per heavy atom. The summed E-state index contributed by atoms with van der Waals surface area (Å²) in [6.45, 7) is 8.95. The summed E-state index contributed by atoms with van der Waals surface area (Å²) in [7, 11) is 0. The highest BCUT2D eigenvalue weighted by Crippen LogP contribution is 2.39. The average Bonchev–Trinajstić information content (AvgIpc) is 2.57. The van der Waals surface area contributed by atoms with Gasteiger partial charge in [0.2, 0.25) is 0 Å². The Balaban J connectivity index is 1.92. The number of aliphatic hydroxyl groups is 1. The normalized spacial score (nSPS) is 39.5. The van der Waals surface area contributed by atoms with Crippen molar-refractivity contribution in [2.75, 3.05) is 32.8 Å². The van der Waals surface area contributed by atoms with Gasteiger partial charge in [-0.3, -0.25) is 0 Å². The van der Waals surface area contributed by atoms with Crippen LogP contribution < -0.4 is 0 Å². The summed E-state index contributed by atoms with van der Waals surface area (Å²) in [6, 6.07) is 0. The van der Waals surface area contributed by atoms with Gasteiger partial charge in [0.1, 0.15) is 0 Å². The lowest BCUT2D eigenvalue weighted by atomic mass is 9.71. The second-order valence-electron chi connectivity index (χ2n) is 6.61. The molecule has 0 radical (unpaired) electrons. The minimum atomic E-state index is 0.163. The fourth-order valence-electron chi connectivity index (χ4n) is 3.44.